The largest absolute Gasteiger partial charge is 0.465 e. The SMILES string of the molecule is C=C(N)NCc1ccc(Cc2cncc(C(=O)OC)c2)cc1. The fourth-order valence-corrected chi connectivity index (χ4v) is 2.04. The molecular weight excluding hydrogens is 278 g/mol. The lowest BCUT2D eigenvalue weighted by molar-refractivity contribution is 0.0600. The Hall–Kier alpha value is -2.82. The molecule has 5 nitrogen and oxygen atoms in total. The molecule has 5 heteroatoms. The van der Waals surface area contributed by atoms with Crippen LogP contribution >= 0.6 is 0 Å². The van der Waals surface area contributed by atoms with Gasteiger partial charge in [0.25, 0.3) is 0 Å². The Morgan fingerprint density at radius 3 is 2.55 bits per heavy atom. The molecule has 0 fully saturated rings. The fraction of sp³-hybridized carbons (Fsp3) is 0.176. The van der Waals surface area contributed by atoms with Gasteiger partial charge >= 0.3 is 5.97 Å². The quantitative estimate of drug-likeness (QED) is 0.797. The number of benzene rings is 1. The summed E-state index contributed by atoms with van der Waals surface area (Å²) in [7, 11) is 1.36. The molecule has 0 amide bonds. The van der Waals surface area contributed by atoms with Crippen LogP contribution < -0.4 is 11.1 Å². The first-order valence-electron chi connectivity index (χ1n) is 6.87. The van der Waals surface area contributed by atoms with Crippen molar-refractivity contribution in [3.05, 3.63) is 77.4 Å². The first-order chi connectivity index (χ1) is 10.6. The molecule has 0 saturated carbocycles. The lowest BCUT2D eigenvalue weighted by atomic mass is 10.0. The average Bonchev–Trinajstić information content (AvgIpc) is 2.53. The molecule has 114 valence electrons. The highest BCUT2D eigenvalue weighted by molar-refractivity contribution is 5.89. The summed E-state index contributed by atoms with van der Waals surface area (Å²) < 4.78 is 4.70. The van der Waals surface area contributed by atoms with Crippen LogP contribution in [0.25, 0.3) is 0 Å². The van der Waals surface area contributed by atoms with Crippen LogP contribution in [0.1, 0.15) is 27.0 Å². The highest BCUT2D eigenvalue weighted by atomic mass is 16.5. The summed E-state index contributed by atoms with van der Waals surface area (Å²) >= 11 is 0. The van der Waals surface area contributed by atoms with Gasteiger partial charge in [-0.1, -0.05) is 30.8 Å². The van der Waals surface area contributed by atoms with Crippen molar-refractivity contribution in [2.24, 2.45) is 5.73 Å². The molecule has 2 aromatic rings. The average molecular weight is 297 g/mol. The van der Waals surface area contributed by atoms with Gasteiger partial charge in [-0.3, -0.25) is 4.98 Å². The van der Waals surface area contributed by atoms with Gasteiger partial charge in [0.05, 0.1) is 18.5 Å². The van der Waals surface area contributed by atoms with Crippen LogP contribution in [0.3, 0.4) is 0 Å². The van der Waals surface area contributed by atoms with Gasteiger partial charge in [-0.05, 0) is 29.2 Å². The summed E-state index contributed by atoms with van der Waals surface area (Å²) in [4.78, 5) is 15.6. The zero-order chi connectivity index (χ0) is 15.9. The van der Waals surface area contributed by atoms with Crippen molar-refractivity contribution in [3.63, 3.8) is 0 Å². The smallest absolute Gasteiger partial charge is 0.339 e. The number of carbonyl (C=O) groups excluding carboxylic acids is 1. The molecule has 22 heavy (non-hydrogen) atoms. The second-order valence-corrected chi connectivity index (χ2v) is 4.95. The Morgan fingerprint density at radius 2 is 1.91 bits per heavy atom. The minimum atomic E-state index is -0.377. The van der Waals surface area contributed by atoms with Gasteiger partial charge in [-0.25, -0.2) is 4.79 Å². The van der Waals surface area contributed by atoms with E-state index in [2.05, 4.69) is 16.9 Å². The predicted molar refractivity (Wildman–Crippen MR) is 85.0 cm³/mol. The third-order valence-electron chi connectivity index (χ3n) is 3.17. The molecular formula is C17H19N3O2. The lowest BCUT2D eigenvalue weighted by Gasteiger charge is -2.07. The predicted octanol–water partition coefficient (Wildman–Crippen LogP) is 1.98. The molecule has 2 rings (SSSR count). The molecule has 0 atom stereocenters. The minimum Gasteiger partial charge on any atom is -0.465 e. The Bertz CT molecular complexity index is 666. The molecule has 3 N–H and O–H groups in total. The molecule has 1 aromatic heterocycles. The standard InChI is InChI=1S/C17H19N3O2/c1-12(18)20-10-14-5-3-13(4-6-14)7-15-8-16(11-19-9-15)17(21)22-2/h3-6,8-9,11,20H,1,7,10,18H2,2H3. The zero-order valence-corrected chi connectivity index (χ0v) is 12.5. The maximum atomic E-state index is 11.5. The first-order valence-corrected chi connectivity index (χ1v) is 6.87. The molecule has 0 spiro atoms. The van der Waals surface area contributed by atoms with Crippen LogP contribution in [0.15, 0.2) is 55.1 Å². The van der Waals surface area contributed by atoms with Gasteiger partial charge in [-0.15, -0.1) is 0 Å². The van der Waals surface area contributed by atoms with E-state index in [-0.39, 0.29) is 5.97 Å². The molecule has 0 aliphatic rings. The van der Waals surface area contributed by atoms with Crippen molar-refractivity contribution in [2.75, 3.05) is 7.11 Å². The number of esters is 1. The fourth-order valence-electron chi connectivity index (χ4n) is 2.04. The molecule has 0 radical (unpaired) electrons. The number of ether oxygens (including phenoxy) is 1. The molecule has 1 heterocycles. The second-order valence-electron chi connectivity index (χ2n) is 4.95. The number of hydrogen-bond acceptors (Lipinski definition) is 5. The third kappa shape index (κ3) is 4.34. The Labute approximate surface area is 129 Å². The van der Waals surface area contributed by atoms with E-state index >= 15 is 0 Å². The molecule has 0 bridgehead atoms. The summed E-state index contributed by atoms with van der Waals surface area (Å²) in [6.07, 6.45) is 3.96. The van der Waals surface area contributed by atoms with Gasteiger partial charge in [0.1, 0.15) is 0 Å². The summed E-state index contributed by atoms with van der Waals surface area (Å²) in [5.41, 5.74) is 9.15. The number of carbonyl (C=O) groups is 1. The van der Waals surface area contributed by atoms with E-state index in [4.69, 9.17) is 10.5 Å². The highest BCUT2D eigenvalue weighted by Gasteiger charge is 2.07. The maximum absolute atomic E-state index is 11.5. The molecule has 0 saturated heterocycles. The van der Waals surface area contributed by atoms with E-state index in [1.165, 1.54) is 13.3 Å². The Balaban J connectivity index is 2.04. The van der Waals surface area contributed by atoms with Crippen LogP contribution in [-0.4, -0.2) is 18.1 Å². The van der Waals surface area contributed by atoms with E-state index < -0.39 is 0 Å². The first kappa shape index (κ1) is 15.6. The van der Waals surface area contributed by atoms with Crippen molar-refractivity contribution in [2.45, 2.75) is 13.0 Å². The minimum absolute atomic E-state index is 0.377. The topological polar surface area (TPSA) is 77.2 Å². The number of nitrogens with one attached hydrogen (secondary N) is 1. The van der Waals surface area contributed by atoms with E-state index in [1.807, 2.05) is 24.3 Å². The van der Waals surface area contributed by atoms with Crippen molar-refractivity contribution in [3.8, 4) is 0 Å². The third-order valence-corrected chi connectivity index (χ3v) is 3.17. The van der Waals surface area contributed by atoms with Gasteiger partial charge in [-0.2, -0.15) is 0 Å². The van der Waals surface area contributed by atoms with Gasteiger partial charge in [0.15, 0.2) is 0 Å². The monoisotopic (exact) mass is 297 g/mol. The molecule has 0 unspecified atom stereocenters. The highest BCUT2D eigenvalue weighted by Crippen LogP contribution is 2.12. The number of methoxy groups -OCH3 is 1. The van der Waals surface area contributed by atoms with Crippen molar-refractivity contribution >= 4 is 5.97 Å². The number of hydrogen-bond donors (Lipinski definition) is 2. The van der Waals surface area contributed by atoms with Crippen LogP contribution in [0.2, 0.25) is 0 Å². The van der Waals surface area contributed by atoms with Crippen LogP contribution in [-0.2, 0) is 17.7 Å². The number of nitrogens with zero attached hydrogens (tertiary/aromatic N) is 1. The van der Waals surface area contributed by atoms with Gasteiger partial charge in [0.2, 0.25) is 0 Å². The van der Waals surface area contributed by atoms with Crippen LogP contribution in [0.4, 0.5) is 0 Å². The normalized spacial score (nSPS) is 10.0. The number of nitrogens with two attached hydrogens (primary N) is 1. The van der Waals surface area contributed by atoms with Crippen LogP contribution in [0, 0.1) is 0 Å². The summed E-state index contributed by atoms with van der Waals surface area (Å²) in [6.45, 7) is 4.24. The number of rotatable bonds is 6. The van der Waals surface area contributed by atoms with E-state index in [1.54, 1.807) is 12.3 Å². The number of pyridine rings is 1. The Kier molecular flexibility index (Phi) is 5.14. The summed E-state index contributed by atoms with van der Waals surface area (Å²) in [5, 5.41) is 2.98. The van der Waals surface area contributed by atoms with Crippen LogP contribution in [0.5, 0.6) is 0 Å². The molecule has 0 aliphatic heterocycles. The van der Waals surface area contributed by atoms with Crippen molar-refractivity contribution in [1.29, 1.82) is 0 Å². The summed E-state index contributed by atoms with van der Waals surface area (Å²) in [6, 6.07) is 9.95. The van der Waals surface area contributed by atoms with E-state index in [0.29, 0.717) is 24.4 Å². The number of aromatic nitrogens is 1. The van der Waals surface area contributed by atoms with Gasteiger partial charge < -0.3 is 15.8 Å². The summed E-state index contributed by atoms with van der Waals surface area (Å²) in [5.74, 6) is 0.0764. The van der Waals surface area contributed by atoms with Crippen molar-refractivity contribution < 1.29 is 9.53 Å². The maximum Gasteiger partial charge on any atom is 0.339 e. The second kappa shape index (κ2) is 7.26. The Morgan fingerprint density at radius 1 is 1.23 bits per heavy atom. The van der Waals surface area contributed by atoms with E-state index in [0.717, 1.165) is 16.7 Å². The van der Waals surface area contributed by atoms with Gasteiger partial charge in [0, 0.05) is 18.9 Å². The zero-order valence-electron chi connectivity index (χ0n) is 12.5. The molecule has 1 aromatic carbocycles. The van der Waals surface area contributed by atoms with E-state index in [9.17, 15) is 4.79 Å². The lowest BCUT2D eigenvalue weighted by Crippen LogP contribution is -2.17. The van der Waals surface area contributed by atoms with Crippen molar-refractivity contribution in [1.82, 2.24) is 10.3 Å². The molecule has 0 aliphatic carbocycles.